The molecule has 0 fully saturated rings. The molecule has 0 aliphatic heterocycles. The standard InChI is InChI=1S/C17H28/c1-8-13(4)15-9-14(12(2)3)10-16(11-15)17(5,6)7/h9-13H,8H2,1-7H3. The topological polar surface area (TPSA) is 0 Å². The molecular formula is C17H28. The van der Waals surface area contributed by atoms with Gasteiger partial charge in [0.15, 0.2) is 0 Å². The van der Waals surface area contributed by atoms with Crippen molar-refractivity contribution >= 4 is 0 Å². The van der Waals surface area contributed by atoms with Crippen molar-refractivity contribution in [1.82, 2.24) is 0 Å². The highest BCUT2D eigenvalue weighted by molar-refractivity contribution is 5.37. The highest BCUT2D eigenvalue weighted by atomic mass is 14.2. The van der Waals surface area contributed by atoms with Crippen LogP contribution in [0.25, 0.3) is 0 Å². The predicted octanol–water partition coefficient (Wildman–Crippen LogP) is 5.62. The summed E-state index contributed by atoms with van der Waals surface area (Å²) in [5.74, 6) is 1.27. The molecule has 0 N–H and O–H groups in total. The largest absolute Gasteiger partial charge is 0.0648 e. The summed E-state index contributed by atoms with van der Waals surface area (Å²) in [6.07, 6.45) is 1.21. The Morgan fingerprint density at radius 1 is 0.941 bits per heavy atom. The third-order valence-corrected chi connectivity index (χ3v) is 3.69. The number of hydrogen-bond donors (Lipinski definition) is 0. The van der Waals surface area contributed by atoms with Crippen molar-refractivity contribution in [2.45, 2.75) is 72.1 Å². The highest BCUT2D eigenvalue weighted by Gasteiger charge is 2.17. The van der Waals surface area contributed by atoms with Crippen LogP contribution in [0.2, 0.25) is 0 Å². The zero-order chi connectivity index (χ0) is 13.2. The van der Waals surface area contributed by atoms with E-state index in [-0.39, 0.29) is 5.41 Å². The van der Waals surface area contributed by atoms with E-state index in [0.717, 1.165) is 0 Å². The maximum Gasteiger partial charge on any atom is -0.0132 e. The average molecular weight is 232 g/mol. The first-order valence-corrected chi connectivity index (χ1v) is 6.91. The minimum atomic E-state index is 0.243. The van der Waals surface area contributed by atoms with Crippen LogP contribution in [0.1, 0.15) is 83.4 Å². The van der Waals surface area contributed by atoms with Crippen molar-refractivity contribution in [3.05, 3.63) is 34.9 Å². The van der Waals surface area contributed by atoms with E-state index < -0.39 is 0 Å². The maximum absolute atomic E-state index is 2.40. The Bertz CT molecular complexity index is 366. The van der Waals surface area contributed by atoms with Crippen LogP contribution in [0.3, 0.4) is 0 Å². The second-order valence-electron chi connectivity index (χ2n) is 6.60. The van der Waals surface area contributed by atoms with Gasteiger partial charge in [-0.3, -0.25) is 0 Å². The summed E-state index contributed by atoms with van der Waals surface area (Å²) in [4.78, 5) is 0. The normalized spacial score (nSPS) is 14.1. The number of benzene rings is 1. The fraction of sp³-hybridized carbons (Fsp3) is 0.647. The van der Waals surface area contributed by atoms with Crippen molar-refractivity contribution in [2.24, 2.45) is 0 Å². The monoisotopic (exact) mass is 232 g/mol. The summed E-state index contributed by atoms with van der Waals surface area (Å²) in [6.45, 7) is 16.0. The van der Waals surface area contributed by atoms with Gasteiger partial charge in [0.25, 0.3) is 0 Å². The maximum atomic E-state index is 2.40. The molecule has 0 aromatic heterocycles. The van der Waals surface area contributed by atoms with E-state index in [0.29, 0.717) is 11.8 Å². The van der Waals surface area contributed by atoms with Gasteiger partial charge in [-0.1, -0.05) is 66.7 Å². The summed E-state index contributed by atoms with van der Waals surface area (Å²) < 4.78 is 0. The smallest absolute Gasteiger partial charge is 0.0132 e. The first-order chi connectivity index (χ1) is 7.75. The lowest BCUT2D eigenvalue weighted by molar-refractivity contribution is 0.585. The van der Waals surface area contributed by atoms with Gasteiger partial charge in [0, 0.05) is 0 Å². The van der Waals surface area contributed by atoms with Crippen molar-refractivity contribution in [3.63, 3.8) is 0 Å². The van der Waals surface area contributed by atoms with Crippen LogP contribution in [0, 0.1) is 0 Å². The molecule has 0 saturated heterocycles. The van der Waals surface area contributed by atoms with Gasteiger partial charge in [-0.2, -0.15) is 0 Å². The van der Waals surface area contributed by atoms with Gasteiger partial charge in [0.05, 0.1) is 0 Å². The van der Waals surface area contributed by atoms with Crippen molar-refractivity contribution in [1.29, 1.82) is 0 Å². The van der Waals surface area contributed by atoms with Crippen LogP contribution in [0.4, 0.5) is 0 Å². The van der Waals surface area contributed by atoms with E-state index >= 15 is 0 Å². The van der Waals surface area contributed by atoms with Gasteiger partial charge < -0.3 is 0 Å². The van der Waals surface area contributed by atoms with E-state index in [9.17, 15) is 0 Å². The molecule has 1 atom stereocenters. The molecule has 1 unspecified atom stereocenters. The zero-order valence-electron chi connectivity index (χ0n) is 12.6. The predicted molar refractivity (Wildman–Crippen MR) is 77.9 cm³/mol. The van der Waals surface area contributed by atoms with E-state index in [2.05, 4.69) is 66.7 Å². The summed E-state index contributed by atoms with van der Waals surface area (Å²) in [5, 5.41) is 0. The third kappa shape index (κ3) is 3.59. The quantitative estimate of drug-likeness (QED) is 0.634. The Labute approximate surface area is 107 Å². The fourth-order valence-corrected chi connectivity index (χ4v) is 1.96. The molecule has 0 saturated carbocycles. The van der Waals surface area contributed by atoms with E-state index in [4.69, 9.17) is 0 Å². The third-order valence-electron chi connectivity index (χ3n) is 3.69. The van der Waals surface area contributed by atoms with Gasteiger partial charge in [-0.25, -0.2) is 0 Å². The molecule has 0 bridgehead atoms. The van der Waals surface area contributed by atoms with Crippen LogP contribution in [0.5, 0.6) is 0 Å². The molecule has 1 aromatic carbocycles. The minimum Gasteiger partial charge on any atom is -0.0648 e. The Hall–Kier alpha value is -0.780. The summed E-state index contributed by atoms with van der Waals surface area (Å²) in [5.41, 5.74) is 4.70. The zero-order valence-corrected chi connectivity index (χ0v) is 12.6. The number of hydrogen-bond acceptors (Lipinski definition) is 0. The Morgan fingerprint density at radius 2 is 1.47 bits per heavy atom. The Balaban J connectivity index is 3.29. The second-order valence-corrected chi connectivity index (χ2v) is 6.60. The molecule has 0 aliphatic rings. The van der Waals surface area contributed by atoms with Crippen molar-refractivity contribution < 1.29 is 0 Å². The SMILES string of the molecule is CCC(C)c1cc(C(C)C)cc(C(C)(C)C)c1. The van der Waals surface area contributed by atoms with Crippen LogP contribution >= 0.6 is 0 Å². The van der Waals surface area contributed by atoms with Gasteiger partial charge in [0.2, 0.25) is 0 Å². The summed E-state index contributed by atoms with van der Waals surface area (Å²) in [6, 6.07) is 7.19. The molecule has 1 aromatic rings. The minimum absolute atomic E-state index is 0.243. The van der Waals surface area contributed by atoms with Gasteiger partial charge >= 0.3 is 0 Å². The molecule has 0 radical (unpaired) electrons. The lowest BCUT2D eigenvalue weighted by Crippen LogP contribution is -2.13. The molecule has 1 rings (SSSR count). The van der Waals surface area contributed by atoms with Crippen LogP contribution in [-0.2, 0) is 5.41 Å². The molecule has 0 heterocycles. The van der Waals surface area contributed by atoms with E-state index in [1.165, 1.54) is 23.1 Å². The van der Waals surface area contributed by atoms with Crippen LogP contribution in [0.15, 0.2) is 18.2 Å². The summed E-state index contributed by atoms with van der Waals surface area (Å²) in [7, 11) is 0. The van der Waals surface area contributed by atoms with Gasteiger partial charge in [-0.15, -0.1) is 0 Å². The van der Waals surface area contributed by atoms with E-state index in [1.807, 2.05) is 0 Å². The van der Waals surface area contributed by atoms with Gasteiger partial charge in [-0.05, 0) is 40.4 Å². The van der Waals surface area contributed by atoms with Crippen LogP contribution < -0.4 is 0 Å². The van der Waals surface area contributed by atoms with E-state index in [1.54, 1.807) is 0 Å². The molecule has 96 valence electrons. The fourth-order valence-electron chi connectivity index (χ4n) is 1.96. The lowest BCUT2D eigenvalue weighted by atomic mass is 9.81. The van der Waals surface area contributed by atoms with Crippen LogP contribution in [-0.4, -0.2) is 0 Å². The van der Waals surface area contributed by atoms with Gasteiger partial charge in [0.1, 0.15) is 0 Å². The first kappa shape index (κ1) is 14.3. The highest BCUT2D eigenvalue weighted by Crippen LogP contribution is 2.31. The molecule has 0 spiro atoms. The Kier molecular flexibility index (Phi) is 4.41. The lowest BCUT2D eigenvalue weighted by Gasteiger charge is -2.23. The first-order valence-electron chi connectivity index (χ1n) is 6.91. The second kappa shape index (κ2) is 5.25. The van der Waals surface area contributed by atoms with Crippen molar-refractivity contribution in [3.8, 4) is 0 Å². The Morgan fingerprint density at radius 3 is 1.88 bits per heavy atom. The molecule has 0 heteroatoms. The van der Waals surface area contributed by atoms with Crippen molar-refractivity contribution in [2.75, 3.05) is 0 Å². The molecule has 17 heavy (non-hydrogen) atoms. The average Bonchev–Trinajstić information content (AvgIpc) is 2.26. The molecule has 0 amide bonds. The molecular weight excluding hydrogens is 204 g/mol. The molecule has 0 aliphatic carbocycles. The molecule has 0 nitrogen and oxygen atoms in total. The summed E-state index contributed by atoms with van der Waals surface area (Å²) >= 11 is 0. The number of rotatable bonds is 3.